The first-order chi connectivity index (χ1) is 10.1. The standard InChI is InChI=1S/C15H16N2O4/c1-20-12-4-3-10(14(8-12)21-2)9-17-11-5-6-16-13(7-11)15(18)19/h3-8H,9H2,1-2H3,(H,16,17)(H,18,19). The number of ether oxygens (including phenoxy) is 2. The summed E-state index contributed by atoms with van der Waals surface area (Å²) < 4.78 is 10.5. The Hall–Kier alpha value is -2.76. The van der Waals surface area contributed by atoms with Crippen molar-refractivity contribution in [2.45, 2.75) is 6.54 Å². The fourth-order valence-electron chi connectivity index (χ4n) is 1.85. The summed E-state index contributed by atoms with van der Waals surface area (Å²) in [6, 6.07) is 8.73. The zero-order chi connectivity index (χ0) is 15.2. The smallest absolute Gasteiger partial charge is 0.354 e. The molecular weight excluding hydrogens is 272 g/mol. The predicted octanol–water partition coefficient (Wildman–Crippen LogP) is 2.41. The number of rotatable bonds is 6. The maximum absolute atomic E-state index is 10.9. The van der Waals surface area contributed by atoms with Crippen molar-refractivity contribution in [1.29, 1.82) is 0 Å². The Balaban J connectivity index is 2.12. The molecule has 0 aliphatic rings. The molecule has 2 rings (SSSR count). The van der Waals surface area contributed by atoms with Gasteiger partial charge < -0.3 is 19.9 Å². The SMILES string of the molecule is COc1ccc(CNc2ccnc(C(=O)O)c2)c(OC)c1. The van der Waals surface area contributed by atoms with Crippen LogP contribution in [-0.4, -0.2) is 30.3 Å². The fraction of sp³-hybridized carbons (Fsp3) is 0.200. The molecule has 2 N–H and O–H groups in total. The summed E-state index contributed by atoms with van der Waals surface area (Å²) in [4.78, 5) is 14.6. The molecular formula is C15H16N2O4. The molecule has 21 heavy (non-hydrogen) atoms. The van der Waals surface area contributed by atoms with E-state index < -0.39 is 5.97 Å². The number of nitrogens with one attached hydrogen (secondary N) is 1. The normalized spacial score (nSPS) is 10.0. The molecule has 0 aliphatic heterocycles. The van der Waals surface area contributed by atoms with Crippen molar-refractivity contribution < 1.29 is 19.4 Å². The van der Waals surface area contributed by atoms with Crippen LogP contribution < -0.4 is 14.8 Å². The molecule has 0 amide bonds. The van der Waals surface area contributed by atoms with Crippen LogP contribution in [0.1, 0.15) is 16.1 Å². The summed E-state index contributed by atoms with van der Waals surface area (Å²) in [5, 5.41) is 12.1. The summed E-state index contributed by atoms with van der Waals surface area (Å²) in [6.45, 7) is 0.496. The lowest BCUT2D eigenvalue weighted by Gasteiger charge is -2.12. The minimum Gasteiger partial charge on any atom is -0.497 e. The Morgan fingerprint density at radius 2 is 2.05 bits per heavy atom. The third-order valence-electron chi connectivity index (χ3n) is 2.96. The fourth-order valence-corrected chi connectivity index (χ4v) is 1.85. The molecule has 0 unspecified atom stereocenters. The van der Waals surface area contributed by atoms with Crippen LogP contribution in [-0.2, 0) is 6.54 Å². The number of pyridine rings is 1. The lowest BCUT2D eigenvalue weighted by Crippen LogP contribution is -2.05. The van der Waals surface area contributed by atoms with Crippen molar-refractivity contribution in [3.8, 4) is 11.5 Å². The first-order valence-corrected chi connectivity index (χ1v) is 6.28. The highest BCUT2D eigenvalue weighted by atomic mass is 16.5. The van der Waals surface area contributed by atoms with Crippen LogP contribution in [0.15, 0.2) is 36.5 Å². The molecule has 0 atom stereocenters. The third-order valence-corrected chi connectivity index (χ3v) is 2.96. The van der Waals surface area contributed by atoms with Gasteiger partial charge in [-0.1, -0.05) is 0 Å². The van der Waals surface area contributed by atoms with Gasteiger partial charge in [-0.2, -0.15) is 0 Å². The lowest BCUT2D eigenvalue weighted by molar-refractivity contribution is 0.0690. The average Bonchev–Trinajstić information content (AvgIpc) is 2.53. The third kappa shape index (κ3) is 3.62. The van der Waals surface area contributed by atoms with E-state index in [0.717, 1.165) is 5.56 Å². The van der Waals surface area contributed by atoms with Crippen molar-refractivity contribution in [2.24, 2.45) is 0 Å². The molecule has 1 heterocycles. The Labute approximate surface area is 122 Å². The van der Waals surface area contributed by atoms with Gasteiger partial charge in [-0.15, -0.1) is 0 Å². The topological polar surface area (TPSA) is 80.7 Å². The molecule has 2 aromatic rings. The lowest BCUT2D eigenvalue weighted by atomic mass is 10.2. The van der Waals surface area contributed by atoms with E-state index in [1.54, 1.807) is 26.4 Å². The number of hydrogen-bond acceptors (Lipinski definition) is 5. The van der Waals surface area contributed by atoms with Gasteiger partial charge in [0.2, 0.25) is 0 Å². The van der Waals surface area contributed by atoms with Gasteiger partial charge in [0.05, 0.1) is 14.2 Å². The average molecular weight is 288 g/mol. The Bertz CT molecular complexity index is 643. The Kier molecular flexibility index (Phi) is 4.61. The van der Waals surface area contributed by atoms with Gasteiger partial charge >= 0.3 is 5.97 Å². The van der Waals surface area contributed by atoms with Crippen LogP contribution in [0.25, 0.3) is 0 Å². The van der Waals surface area contributed by atoms with E-state index in [4.69, 9.17) is 14.6 Å². The number of anilines is 1. The minimum absolute atomic E-state index is 0.00157. The zero-order valence-electron chi connectivity index (χ0n) is 11.8. The van der Waals surface area contributed by atoms with Crippen molar-refractivity contribution in [1.82, 2.24) is 4.98 Å². The maximum atomic E-state index is 10.9. The van der Waals surface area contributed by atoms with Crippen molar-refractivity contribution in [2.75, 3.05) is 19.5 Å². The van der Waals surface area contributed by atoms with Crippen molar-refractivity contribution in [3.05, 3.63) is 47.8 Å². The van der Waals surface area contributed by atoms with Crippen LogP contribution in [0.5, 0.6) is 11.5 Å². The van der Waals surface area contributed by atoms with E-state index in [1.165, 1.54) is 12.3 Å². The monoisotopic (exact) mass is 288 g/mol. The molecule has 0 bridgehead atoms. The molecule has 0 saturated heterocycles. The summed E-state index contributed by atoms with van der Waals surface area (Å²) >= 11 is 0. The van der Waals surface area contributed by atoms with Crippen LogP contribution in [0.3, 0.4) is 0 Å². The maximum Gasteiger partial charge on any atom is 0.354 e. The van der Waals surface area contributed by atoms with Crippen molar-refractivity contribution >= 4 is 11.7 Å². The van der Waals surface area contributed by atoms with E-state index in [-0.39, 0.29) is 5.69 Å². The van der Waals surface area contributed by atoms with Crippen LogP contribution in [0.2, 0.25) is 0 Å². The van der Waals surface area contributed by atoms with Crippen LogP contribution >= 0.6 is 0 Å². The van der Waals surface area contributed by atoms with E-state index in [2.05, 4.69) is 10.3 Å². The molecule has 110 valence electrons. The molecule has 6 nitrogen and oxygen atoms in total. The number of carboxylic acids is 1. The largest absolute Gasteiger partial charge is 0.497 e. The number of hydrogen-bond donors (Lipinski definition) is 2. The van der Waals surface area contributed by atoms with Gasteiger partial charge in [-0.3, -0.25) is 0 Å². The summed E-state index contributed by atoms with van der Waals surface area (Å²) in [7, 11) is 3.18. The van der Waals surface area contributed by atoms with Gasteiger partial charge in [0.25, 0.3) is 0 Å². The number of aromatic nitrogens is 1. The van der Waals surface area contributed by atoms with Crippen molar-refractivity contribution in [3.63, 3.8) is 0 Å². The number of carbonyl (C=O) groups is 1. The number of aromatic carboxylic acids is 1. The molecule has 6 heteroatoms. The Morgan fingerprint density at radius 3 is 2.71 bits per heavy atom. The molecule has 1 aromatic carbocycles. The molecule has 0 spiro atoms. The summed E-state index contributed by atoms with van der Waals surface area (Å²) in [5.41, 5.74) is 1.62. The number of benzene rings is 1. The van der Waals surface area contributed by atoms with Crippen LogP contribution in [0, 0.1) is 0 Å². The second-order valence-electron chi connectivity index (χ2n) is 4.27. The second-order valence-corrected chi connectivity index (χ2v) is 4.27. The number of methoxy groups -OCH3 is 2. The summed E-state index contributed by atoms with van der Waals surface area (Å²) in [5.74, 6) is 0.364. The zero-order valence-corrected chi connectivity index (χ0v) is 11.8. The second kappa shape index (κ2) is 6.60. The highest BCUT2D eigenvalue weighted by Crippen LogP contribution is 2.25. The molecule has 0 aliphatic carbocycles. The highest BCUT2D eigenvalue weighted by molar-refractivity contribution is 5.86. The van der Waals surface area contributed by atoms with Gasteiger partial charge in [-0.25, -0.2) is 9.78 Å². The first-order valence-electron chi connectivity index (χ1n) is 6.28. The van der Waals surface area contributed by atoms with Gasteiger partial charge in [0.15, 0.2) is 0 Å². The van der Waals surface area contributed by atoms with Crippen LogP contribution in [0.4, 0.5) is 5.69 Å². The number of carboxylic acid groups (broad SMARTS) is 1. The van der Waals surface area contributed by atoms with Gasteiger partial charge in [0, 0.05) is 30.1 Å². The van der Waals surface area contributed by atoms with E-state index in [1.807, 2.05) is 12.1 Å². The predicted molar refractivity (Wildman–Crippen MR) is 78.1 cm³/mol. The highest BCUT2D eigenvalue weighted by Gasteiger charge is 2.07. The molecule has 0 saturated carbocycles. The molecule has 0 fully saturated rings. The van der Waals surface area contributed by atoms with Gasteiger partial charge in [0.1, 0.15) is 17.2 Å². The van der Waals surface area contributed by atoms with E-state index >= 15 is 0 Å². The molecule has 0 radical (unpaired) electrons. The quantitative estimate of drug-likeness (QED) is 0.849. The molecule has 1 aromatic heterocycles. The van der Waals surface area contributed by atoms with E-state index in [9.17, 15) is 4.79 Å². The van der Waals surface area contributed by atoms with Gasteiger partial charge in [-0.05, 0) is 24.3 Å². The minimum atomic E-state index is -1.05. The first kappa shape index (κ1) is 14.6. The number of nitrogens with zero attached hydrogens (tertiary/aromatic N) is 1. The Morgan fingerprint density at radius 1 is 1.24 bits per heavy atom. The van der Waals surface area contributed by atoms with E-state index in [0.29, 0.717) is 23.7 Å². The summed E-state index contributed by atoms with van der Waals surface area (Å²) in [6.07, 6.45) is 1.46.